The van der Waals surface area contributed by atoms with Gasteiger partial charge in [-0.15, -0.1) is 6.54 Å². The summed E-state index contributed by atoms with van der Waals surface area (Å²) in [6, 6.07) is 0. The van der Waals surface area contributed by atoms with E-state index in [1.165, 1.54) is 0 Å². The van der Waals surface area contributed by atoms with E-state index in [0.717, 1.165) is 4.90 Å². The van der Waals surface area contributed by atoms with Gasteiger partial charge in [0.2, 0.25) is 0 Å². The van der Waals surface area contributed by atoms with E-state index in [0.29, 0.717) is 6.54 Å². The summed E-state index contributed by atoms with van der Waals surface area (Å²) < 4.78 is 0. The van der Waals surface area contributed by atoms with Crippen LogP contribution in [0.4, 0.5) is 0 Å². The molecule has 0 aromatic heterocycles. The SMILES string of the molecule is O=C(O)CN(C[CH-]N(CC(=O)O)C(O)(O)C(=O)O)CC(=O)O.[Fe]. The normalized spacial score (nSPS) is 11.1. The van der Waals surface area contributed by atoms with Crippen molar-refractivity contribution in [1.82, 2.24) is 9.80 Å². The minimum atomic E-state index is -3.55. The zero-order valence-electron chi connectivity index (χ0n) is 11.5. The molecule has 134 valence electrons. The van der Waals surface area contributed by atoms with Gasteiger partial charge < -0.3 is 40.4 Å². The molecule has 0 aromatic carbocycles. The third-order valence-electron chi connectivity index (χ3n) is 2.27. The molecule has 0 saturated carbocycles. The van der Waals surface area contributed by atoms with Gasteiger partial charge in [-0.2, -0.15) is 0 Å². The van der Waals surface area contributed by atoms with Crippen LogP contribution in [0.25, 0.3) is 0 Å². The third-order valence-corrected chi connectivity index (χ3v) is 2.27. The van der Waals surface area contributed by atoms with Crippen molar-refractivity contribution in [3.8, 4) is 0 Å². The molecule has 0 aromatic rings. The number of carbonyl (C=O) groups is 4. The zero-order chi connectivity index (χ0) is 17.5. The summed E-state index contributed by atoms with van der Waals surface area (Å²) in [7, 11) is 0. The standard InChI is InChI=1S/C10H15N2O10.Fe/c13-6(14)3-11(4-7(15)16)1-2-12(5-8(17)18)10(21,22)9(19)20;/h2,21-22H,1,3-5H2,(H,13,14)(H,15,16)(H,17,18)(H,19,20);/q-1;. The van der Waals surface area contributed by atoms with Gasteiger partial charge in [0.1, 0.15) is 0 Å². The molecule has 0 atom stereocenters. The van der Waals surface area contributed by atoms with E-state index in [2.05, 4.69) is 0 Å². The van der Waals surface area contributed by atoms with Gasteiger partial charge in [0.15, 0.2) is 0 Å². The molecule has 0 aliphatic rings. The fourth-order valence-corrected chi connectivity index (χ4v) is 1.35. The molecule has 0 saturated heterocycles. The van der Waals surface area contributed by atoms with E-state index >= 15 is 0 Å². The van der Waals surface area contributed by atoms with Crippen LogP contribution in [0.15, 0.2) is 0 Å². The predicted molar refractivity (Wildman–Crippen MR) is 65.2 cm³/mol. The number of carboxylic acids is 4. The van der Waals surface area contributed by atoms with E-state index in [4.69, 9.17) is 20.4 Å². The van der Waals surface area contributed by atoms with Crippen molar-refractivity contribution in [3.63, 3.8) is 0 Å². The molecular formula is C10H15FeN2O10-. The van der Waals surface area contributed by atoms with Gasteiger partial charge in [-0.1, -0.05) is 0 Å². The summed E-state index contributed by atoms with van der Waals surface area (Å²) in [5, 5.41) is 53.1. The van der Waals surface area contributed by atoms with Crippen molar-refractivity contribution in [3.05, 3.63) is 6.54 Å². The topological polar surface area (TPSA) is 196 Å². The average Bonchev–Trinajstić information content (AvgIpc) is 2.31. The monoisotopic (exact) mass is 379 g/mol. The Morgan fingerprint density at radius 1 is 0.826 bits per heavy atom. The van der Waals surface area contributed by atoms with Gasteiger partial charge in [0, 0.05) is 17.1 Å². The molecule has 13 heteroatoms. The van der Waals surface area contributed by atoms with Crippen LogP contribution in [0.3, 0.4) is 0 Å². The van der Waals surface area contributed by atoms with Crippen LogP contribution in [-0.4, -0.2) is 96.4 Å². The van der Waals surface area contributed by atoms with E-state index in [-0.39, 0.29) is 22.0 Å². The van der Waals surface area contributed by atoms with Crippen molar-refractivity contribution < 1.29 is 66.9 Å². The van der Waals surface area contributed by atoms with Crippen molar-refractivity contribution in [2.45, 2.75) is 5.91 Å². The third kappa shape index (κ3) is 9.07. The molecule has 0 radical (unpaired) electrons. The largest absolute Gasteiger partial charge is 0.480 e. The first-order chi connectivity index (χ1) is 9.96. The van der Waals surface area contributed by atoms with E-state index in [1.54, 1.807) is 0 Å². The molecular weight excluding hydrogens is 364 g/mol. The summed E-state index contributed by atoms with van der Waals surface area (Å²) in [5.41, 5.74) is 0. The number of aliphatic hydroxyl groups is 2. The van der Waals surface area contributed by atoms with E-state index < -0.39 is 56.0 Å². The van der Waals surface area contributed by atoms with Gasteiger partial charge in [0.25, 0.3) is 0 Å². The fourth-order valence-electron chi connectivity index (χ4n) is 1.35. The summed E-state index contributed by atoms with van der Waals surface area (Å²) >= 11 is 0. The second-order valence-corrected chi connectivity index (χ2v) is 4.10. The number of carboxylic acid groups (broad SMARTS) is 4. The van der Waals surface area contributed by atoms with Crippen molar-refractivity contribution in [2.75, 3.05) is 26.2 Å². The molecule has 0 aliphatic carbocycles. The minimum absolute atomic E-state index is 0. The molecule has 23 heavy (non-hydrogen) atoms. The van der Waals surface area contributed by atoms with Crippen LogP contribution >= 0.6 is 0 Å². The number of rotatable bonds is 11. The number of hydrogen-bond donors (Lipinski definition) is 6. The maximum Gasteiger partial charge on any atom is 0.378 e. The number of nitrogens with zero attached hydrogens (tertiary/aromatic N) is 2. The fraction of sp³-hybridized carbons (Fsp3) is 0.500. The van der Waals surface area contributed by atoms with Crippen LogP contribution in [0, 0.1) is 6.54 Å². The summed E-state index contributed by atoms with van der Waals surface area (Å²) in [4.78, 5) is 43.4. The second-order valence-electron chi connectivity index (χ2n) is 4.10. The Morgan fingerprint density at radius 2 is 1.22 bits per heavy atom. The van der Waals surface area contributed by atoms with Crippen molar-refractivity contribution in [1.29, 1.82) is 0 Å². The van der Waals surface area contributed by atoms with Crippen LogP contribution < -0.4 is 0 Å². The molecule has 12 nitrogen and oxygen atoms in total. The molecule has 0 fully saturated rings. The molecule has 0 rings (SSSR count). The van der Waals surface area contributed by atoms with Crippen LogP contribution in [0.2, 0.25) is 0 Å². The van der Waals surface area contributed by atoms with Gasteiger partial charge in [0.05, 0.1) is 19.6 Å². The average molecular weight is 379 g/mol. The van der Waals surface area contributed by atoms with Gasteiger partial charge in [-0.25, -0.2) is 11.3 Å². The zero-order valence-corrected chi connectivity index (χ0v) is 12.6. The second kappa shape index (κ2) is 10.1. The molecule has 0 aliphatic heterocycles. The van der Waals surface area contributed by atoms with Crippen LogP contribution in [0.5, 0.6) is 0 Å². The maximum atomic E-state index is 10.7. The Labute approximate surface area is 140 Å². The quantitative estimate of drug-likeness (QED) is 0.119. The summed E-state index contributed by atoms with van der Waals surface area (Å²) in [6.07, 6.45) is 0. The van der Waals surface area contributed by atoms with E-state index in [9.17, 15) is 29.4 Å². The Morgan fingerprint density at radius 3 is 1.52 bits per heavy atom. The van der Waals surface area contributed by atoms with E-state index in [1.807, 2.05) is 0 Å². The van der Waals surface area contributed by atoms with Crippen molar-refractivity contribution in [2.24, 2.45) is 0 Å². The first-order valence-corrected chi connectivity index (χ1v) is 5.62. The number of hydrogen-bond acceptors (Lipinski definition) is 8. The Balaban J connectivity index is 0. The Kier molecular flexibility index (Phi) is 10.3. The Bertz CT molecular complexity index is 439. The predicted octanol–water partition coefficient (Wildman–Crippen LogP) is -3.27. The van der Waals surface area contributed by atoms with Crippen LogP contribution in [-0.2, 0) is 36.2 Å². The first-order valence-electron chi connectivity index (χ1n) is 5.62. The van der Waals surface area contributed by atoms with Crippen molar-refractivity contribution >= 4 is 23.9 Å². The smallest absolute Gasteiger partial charge is 0.378 e. The molecule has 0 unspecified atom stereocenters. The maximum absolute atomic E-state index is 10.7. The van der Waals surface area contributed by atoms with Gasteiger partial charge >= 0.3 is 29.8 Å². The molecule has 0 amide bonds. The molecule has 6 N–H and O–H groups in total. The summed E-state index contributed by atoms with van der Waals surface area (Å²) in [5.74, 6) is -10.0. The summed E-state index contributed by atoms with van der Waals surface area (Å²) in [6.45, 7) is -2.45. The first kappa shape index (κ1) is 23.5. The number of aliphatic carboxylic acids is 4. The Hall–Kier alpha value is -1.76. The molecule has 0 bridgehead atoms. The van der Waals surface area contributed by atoms with Crippen LogP contribution in [0.1, 0.15) is 0 Å². The molecule has 0 heterocycles. The molecule has 0 spiro atoms. The minimum Gasteiger partial charge on any atom is -0.480 e. The van der Waals surface area contributed by atoms with Gasteiger partial charge in [-0.3, -0.25) is 14.4 Å². The van der Waals surface area contributed by atoms with Gasteiger partial charge in [-0.05, 0) is 0 Å².